The molecule has 0 unspecified atom stereocenters. The maximum atomic E-state index is 13.2. The summed E-state index contributed by atoms with van der Waals surface area (Å²) in [7, 11) is 0. The predicted octanol–water partition coefficient (Wildman–Crippen LogP) is 1.79. The number of aromatic nitrogens is 2. The highest BCUT2D eigenvalue weighted by Crippen LogP contribution is 2.31. The molecule has 2 atom stereocenters. The van der Waals surface area contributed by atoms with Crippen LogP contribution in [0, 0.1) is 6.92 Å². The van der Waals surface area contributed by atoms with E-state index in [1.54, 1.807) is 22.7 Å². The van der Waals surface area contributed by atoms with Gasteiger partial charge in [0.1, 0.15) is 11.3 Å². The molecule has 2 fully saturated rings. The molecule has 2 aromatic heterocycles. The van der Waals surface area contributed by atoms with E-state index in [9.17, 15) is 9.59 Å². The fourth-order valence-corrected chi connectivity index (χ4v) is 3.89. The number of imidazole rings is 1. The Morgan fingerprint density at radius 3 is 2.96 bits per heavy atom. The van der Waals surface area contributed by atoms with E-state index in [1.807, 2.05) is 11.8 Å². The number of carbonyl (C=O) groups excluding carboxylic acids is 2. The van der Waals surface area contributed by atoms with E-state index in [2.05, 4.69) is 10.3 Å². The summed E-state index contributed by atoms with van der Waals surface area (Å²) in [4.78, 5) is 31.3. The highest BCUT2D eigenvalue weighted by atomic mass is 35.5. The Morgan fingerprint density at radius 2 is 2.13 bits per heavy atom. The fraction of sp³-hybridized carbons (Fsp3) is 0.438. The standard InChI is InChI=1S/C16H17ClN4O2/c1-9-15(20-8-10(17)2-5-13(20)19-9)16(23)21-11-3-4-12(21)7-18-14(22)6-11/h2,5,8,11-12H,3-4,6-7H2,1H3,(H,18,22)/t11-,12+/m1/s1. The minimum atomic E-state index is -0.0683. The molecule has 0 aliphatic carbocycles. The maximum absolute atomic E-state index is 13.2. The molecule has 2 aromatic rings. The van der Waals surface area contributed by atoms with Crippen LogP contribution in [-0.4, -0.2) is 44.7 Å². The average molecular weight is 333 g/mol. The van der Waals surface area contributed by atoms with Crippen molar-refractivity contribution in [3.05, 3.63) is 34.7 Å². The van der Waals surface area contributed by atoms with Crippen LogP contribution in [-0.2, 0) is 4.79 Å². The van der Waals surface area contributed by atoms with Gasteiger partial charge in [-0.3, -0.25) is 14.0 Å². The summed E-state index contributed by atoms with van der Waals surface area (Å²) in [5.41, 5.74) is 1.92. The Morgan fingerprint density at radius 1 is 1.35 bits per heavy atom. The van der Waals surface area contributed by atoms with Crippen LogP contribution in [0.2, 0.25) is 5.02 Å². The molecule has 2 aliphatic heterocycles. The molecule has 4 rings (SSSR count). The van der Waals surface area contributed by atoms with Gasteiger partial charge in [0, 0.05) is 31.2 Å². The number of hydrogen-bond acceptors (Lipinski definition) is 3. The molecule has 23 heavy (non-hydrogen) atoms. The van der Waals surface area contributed by atoms with Gasteiger partial charge in [-0.2, -0.15) is 0 Å². The molecule has 6 nitrogen and oxygen atoms in total. The van der Waals surface area contributed by atoms with E-state index >= 15 is 0 Å². The largest absolute Gasteiger partial charge is 0.354 e. The van der Waals surface area contributed by atoms with Gasteiger partial charge in [0.15, 0.2) is 0 Å². The van der Waals surface area contributed by atoms with Crippen LogP contribution in [0.1, 0.15) is 35.4 Å². The molecule has 7 heteroatoms. The van der Waals surface area contributed by atoms with Gasteiger partial charge in [0.2, 0.25) is 5.91 Å². The summed E-state index contributed by atoms with van der Waals surface area (Å²) in [5.74, 6) is -0.0471. The highest BCUT2D eigenvalue weighted by Gasteiger charge is 2.41. The van der Waals surface area contributed by atoms with Crippen molar-refractivity contribution >= 4 is 29.1 Å². The molecule has 0 aromatic carbocycles. The fourth-order valence-electron chi connectivity index (χ4n) is 3.73. The molecule has 2 aliphatic rings. The molecule has 2 bridgehead atoms. The quantitative estimate of drug-likeness (QED) is 0.865. The second-order valence-electron chi connectivity index (χ2n) is 6.23. The molecular weight excluding hydrogens is 316 g/mol. The van der Waals surface area contributed by atoms with Crippen molar-refractivity contribution in [2.75, 3.05) is 6.54 Å². The van der Waals surface area contributed by atoms with Gasteiger partial charge in [-0.25, -0.2) is 4.98 Å². The van der Waals surface area contributed by atoms with Crippen molar-refractivity contribution in [2.24, 2.45) is 0 Å². The lowest BCUT2D eigenvalue weighted by Gasteiger charge is -2.27. The third kappa shape index (κ3) is 2.28. The third-order valence-corrected chi connectivity index (χ3v) is 4.99. The first kappa shape index (κ1) is 14.5. The molecule has 4 heterocycles. The molecule has 0 radical (unpaired) electrons. The Hall–Kier alpha value is -2.08. The van der Waals surface area contributed by atoms with Crippen molar-refractivity contribution in [1.29, 1.82) is 0 Å². The first-order valence-electron chi connectivity index (χ1n) is 7.78. The van der Waals surface area contributed by atoms with Crippen LogP contribution < -0.4 is 5.32 Å². The average Bonchev–Trinajstić information content (AvgIpc) is 2.98. The summed E-state index contributed by atoms with van der Waals surface area (Å²) in [5, 5.41) is 3.45. The summed E-state index contributed by atoms with van der Waals surface area (Å²) < 4.78 is 1.75. The minimum Gasteiger partial charge on any atom is -0.354 e. The van der Waals surface area contributed by atoms with Gasteiger partial charge in [0.25, 0.3) is 5.91 Å². The molecule has 120 valence electrons. The van der Waals surface area contributed by atoms with Crippen LogP contribution in [0.25, 0.3) is 5.65 Å². The van der Waals surface area contributed by atoms with Crippen molar-refractivity contribution in [3.8, 4) is 0 Å². The number of aryl methyl sites for hydroxylation is 1. The number of carbonyl (C=O) groups is 2. The third-order valence-electron chi connectivity index (χ3n) is 4.77. The minimum absolute atomic E-state index is 0.0212. The van der Waals surface area contributed by atoms with E-state index in [0.29, 0.717) is 35.0 Å². The lowest BCUT2D eigenvalue weighted by molar-refractivity contribution is -0.121. The van der Waals surface area contributed by atoms with E-state index < -0.39 is 0 Å². The number of nitrogens with zero attached hydrogens (tertiary/aromatic N) is 3. The zero-order chi connectivity index (χ0) is 16.1. The second kappa shape index (κ2) is 5.23. The number of amides is 2. The molecule has 0 spiro atoms. The Kier molecular flexibility index (Phi) is 3.30. The Balaban J connectivity index is 1.79. The monoisotopic (exact) mass is 332 g/mol. The van der Waals surface area contributed by atoms with Crippen molar-refractivity contribution in [2.45, 2.75) is 38.3 Å². The summed E-state index contributed by atoms with van der Waals surface area (Å²) in [6.45, 7) is 2.36. The number of rotatable bonds is 1. The Labute approximate surface area is 138 Å². The van der Waals surface area contributed by atoms with Crippen molar-refractivity contribution < 1.29 is 9.59 Å². The smallest absolute Gasteiger partial charge is 0.273 e. The second-order valence-corrected chi connectivity index (χ2v) is 6.66. The molecule has 2 saturated heterocycles. The van der Waals surface area contributed by atoms with Crippen LogP contribution in [0.4, 0.5) is 0 Å². The number of hydrogen-bond donors (Lipinski definition) is 1. The molecule has 0 saturated carbocycles. The van der Waals surface area contributed by atoms with E-state index in [1.165, 1.54) is 0 Å². The van der Waals surface area contributed by atoms with Crippen LogP contribution in [0.3, 0.4) is 0 Å². The van der Waals surface area contributed by atoms with Gasteiger partial charge >= 0.3 is 0 Å². The first-order chi connectivity index (χ1) is 11.0. The number of fused-ring (bicyclic) bond motifs is 3. The number of nitrogens with one attached hydrogen (secondary N) is 1. The zero-order valence-electron chi connectivity index (χ0n) is 12.8. The van der Waals surface area contributed by atoms with Crippen LogP contribution in [0.5, 0.6) is 0 Å². The first-order valence-corrected chi connectivity index (χ1v) is 8.16. The summed E-state index contributed by atoms with van der Waals surface area (Å²) in [6, 6.07) is 3.59. The van der Waals surface area contributed by atoms with Crippen LogP contribution in [0.15, 0.2) is 18.3 Å². The lowest BCUT2D eigenvalue weighted by Crippen LogP contribution is -2.43. The predicted molar refractivity (Wildman–Crippen MR) is 85.5 cm³/mol. The maximum Gasteiger partial charge on any atom is 0.273 e. The Bertz CT molecular complexity index is 816. The summed E-state index contributed by atoms with van der Waals surface area (Å²) in [6.07, 6.45) is 3.89. The summed E-state index contributed by atoms with van der Waals surface area (Å²) >= 11 is 6.08. The number of pyridine rings is 1. The lowest BCUT2D eigenvalue weighted by atomic mass is 10.1. The van der Waals surface area contributed by atoms with Crippen molar-refractivity contribution in [3.63, 3.8) is 0 Å². The van der Waals surface area contributed by atoms with Crippen LogP contribution >= 0.6 is 11.6 Å². The van der Waals surface area contributed by atoms with Crippen molar-refractivity contribution in [1.82, 2.24) is 19.6 Å². The zero-order valence-corrected chi connectivity index (χ0v) is 13.5. The van der Waals surface area contributed by atoms with Gasteiger partial charge in [-0.05, 0) is 31.9 Å². The SMILES string of the molecule is Cc1nc2ccc(Cl)cn2c1C(=O)N1[C@@H]2CC[C@H]1CNC(=O)C2. The molecular formula is C16H17ClN4O2. The number of halogens is 1. The van der Waals surface area contributed by atoms with Gasteiger partial charge in [-0.15, -0.1) is 0 Å². The topological polar surface area (TPSA) is 66.7 Å². The molecule has 1 N–H and O–H groups in total. The molecule has 2 amide bonds. The van der Waals surface area contributed by atoms with E-state index in [-0.39, 0.29) is 23.9 Å². The van der Waals surface area contributed by atoms with E-state index in [4.69, 9.17) is 11.6 Å². The van der Waals surface area contributed by atoms with E-state index in [0.717, 1.165) is 12.8 Å². The normalized spacial score (nSPS) is 23.9. The van der Waals surface area contributed by atoms with Gasteiger partial charge in [0.05, 0.1) is 10.7 Å². The van der Waals surface area contributed by atoms with Gasteiger partial charge < -0.3 is 10.2 Å². The van der Waals surface area contributed by atoms with Gasteiger partial charge in [-0.1, -0.05) is 11.6 Å². The highest BCUT2D eigenvalue weighted by molar-refractivity contribution is 6.30.